The van der Waals surface area contributed by atoms with Crippen LogP contribution in [0.2, 0.25) is 0 Å². The van der Waals surface area contributed by atoms with E-state index in [1.165, 1.54) is 11.1 Å². The van der Waals surface area contributed by atoms with Crippen molar-refractivity contribution < 1.29 is 19.4 Å². The van der Waals surface area contributed by atoms with Crippen LogP contribution in [0.25, 0.3) is 0 Å². The Morgan fingerprint density at radius 1 is 1.31 bits per heavy atom. The lowest BCUT2D eigenvalue weighted by Gasteiger charge is -2.52. The zero-order valence-electron chi connectivity index (χ0n) is 18.5. The van der Waals surface area contributed by atoms with E-state index in [2.05, 4.69) is 11.1 Å². The molecule has 1 N–H and O–H groups in total. The molecule has 3 heterocycles. The van der Waals surface area contributed by atoms with E-state index in [9.17, 15) is 20.0 Å². The molecule has 1 unspecified atom stereocenters. The number of likely N-dealkylation sites (tertiary alicyclic amines) is 2. The first-order valence-corrected chi connectivity index (χ1v) is 10.9. The minimum absolute atomic E-state index is 0.207. The van der Waals surface area contributed by atoms with Crippen LogP contribution in [-0.4, -0.2) is 62.2 Å². The van der Waals surface area contributed by atoms with Crippen LogP contribution >= 0.6 is 0 Å². The Balaban J connectivity index is 1.70. The number of carboxylic acid groups (broad SMARTS) is 1. The van der Waals surface area contributed by atoms with E-state index in [0.29, 0.717) is 37.3 Å². The molecule has 0 spiro atoms. The van der Waals surface area contributed by atoms with Gasteiger partial charge in [0.15, 0.2) is 0 Å². The predicted molar refractivity (Wildman–Crippen MR) is 112 cm³/mol. The number of hydrogen-bond donors (Lipinski definition) is 1. The summed E-state index contributed by atoms with van der Waals surface area (Å²) in [5, 5.41) is 28.7. The molecule has 5 atom stereocenters. The molecular weight excluding hydrogens is 410 g/mol. The third-order valence-electron chi connectivity index (χ3n) is 7.35. The Bertz CT molecular complexity index is 1010. The lowest BCUT2D eigenvalue weighted by molar-refractivity contribution is -0.144. The number of carbonyl (C=O) groups excluding carboxylic acids is 1. The first-order chi connectivity index (χ1) is 15.1. The molecule has 2 bridgehead atoms. The van der Waals surface area contributed by atoms with Gasteiger partial charge in [-0.2, -0.15) is 10.5 Å². The van der Waals surface area contributed by atoms with Gasteiger partial charge in [-0.3, -0.25) is 9.69 Å². The summed E-state index contributed by atoms with van der Waals surface area (Å²) in [5.41, 5.74) is -1.04. The molecule has 0 radical (unpaired) electrons. The molecule has 2 aliphatic heterocycles. The molecule has 1 aromatic rings. The normalized spacial score (nSPS) is 31.3. The number of carbonyl (C=O) groups is 2. The molecule has 0 aromatic carbocycles. The first-order valence-electron chi connectivity index (χ1n) is 10.9. The molecule has 32 heavy (non-hydrogen) atoms. The Morgan fingerprint density at radius 2 is 2.06 bits per heavy atom. The maximum absolute atomic E-state index is 13.5. The SMILES string of the molecule is CC(C)(C)C12C[C@@H](C[C@H]1Oc1ccc(C#N)cn1)[C@@H](C(=O)N1CCC[C@H]1C#N)N2C(=O)O. The van der Waals surface area contributed by atoms with Gasteiger partial charge < -0.3 is 14.7 Å². The number of nitrogens with zero attached hydrogens (tertiary/aromatic N) is 5. The number of amides is 2. The van der Waals surface area contributed by atoms with Crippen LogP contribution < -0.4 is 4.74 Å². The number of nitriles is 2. The van der Waals surface area contributed by atoms with E-state index in [1.807, 2.05) is 26.8 Å². The number of fused-ring (bicyclic) bond motifs is 2. The first kappa shape index (κ1) is 21.9. The van der Waals surface area contributed by atoms with Crippen molar-refractivity contribution in [1.29, 1.82) is 10.5 Å². The van der Waals surface area contributed by atoms with Gasteiger partial charge in [0, 0.05) is 18.8 Å². The quantitative estimate of drug-likeness (QED) is 0.769. The molecule has 9 nitrogen and oxygen atoms in total. The van der Waals surface area contributed by atoms with Crippen molar-refractivity contribution in [1.82, 2.24) is 14.8 Å². The lowest BCUT2D eigenvalue weighted by atomic mass is 9.70. The summed E-state index contributed by atoms with van der Waals surface area (Å²) < 4.78 is 6.21. The average Bonchev–Trinajstić information content (AvgIpc) is 3.45. The standard InChI is InChI=1S/C23H27N5O4/c1-22(2,3)23-10-15(9-17(23)32-18-7-6-14(11-24)13-26-18)19(28(23)21(30)31)20(29)27-8-4-5-16(27)12-25/h6-7,13,15-17,19H,4-5,8-10H2,1-3H3,(H,30,31)/t15-,16+,17-,19+,23?/m1/s1. The lowest BCUT2D eigenvalue weighted by Crippen LogP contribution is -2.68. The number of ether oxygens (including phenoxy) is 1. The van der Waals surface area contributed by atoms with Gasteiger partial charge in [0.05, 0.1) is 17.2 Å². The van der Waals surface area contributed by atoms with E-state index in [1.54, 1.807) is 17.0 Å². The summed E-state index contributed by atoms with van der Waals surface area (Å²) in [7, 11) is 0. The molecule has 9 heteroatoms. The maximum atomic E-state index is 13.5. The van der Waals surface area contributed by atoms with Crippen LogP contribution in [0.15, 0.2) is 18.3 Å². The molecule has 4 rings (SSSR count). The van der Waals surface area contributed by atoms with Gasteiger partial charge in [-0.15, -0.1) is 0 Å². The van der Waals surface area contributed by atoms with Crippen LogP contribution in [0.5, 0.6) is 5.88 Å². The zero-order chi connectivity index (χ0) is 23.3. The highest BCUT2D eigenvalue weighted by Crippen LogP contribution is 2.59. The topological polar surface area (TPSA) is 131 Å². The van der Waals surface area contributed by atoms with Crippen LogP contribution in [0.1, 0.15) is 52.0 Å². The molecule has 168 valence electrons. The average molecular weight is 438 g/mol. The molecular formula is C23H27N5O4. The van der Waals surface area contributed by atoms with E-state index < -0.39 is 35.2 Å². The number of rotatable bonds is 3. The zero-order valence-corrected chi connectivity index (χ0v) is 18.5. The van der Waals surface area contributed by atoms with Crippen molar-refractivity contribution in [2.75, 3.05) is 6.54 Å². The summed E-state index contributed by atoms with van der Waals surface area (Å²) in [6, 6.07) is 6.08. The molecule has 1 saturated carbocycles. The number of aromatic nitrogens is 1. The molecule has 2 saturated heterocycles. The Labute approximate surface area is 187 Å². The minimum atomic E-state index is -1.16. The van der Waals surface area contributed by atoms with Gasteiger partial charge in [0.25, 0.3) is 0 Å². The second kappa shape index (κ2) is 7.67. The van der Waals surface area contributed by atoms with E-state index >= 15 is 0 Å². The van der Waals surface area contributed by atoms with Crippen LogP contribution in [0, 0.1) is 34.0 Å². The second-order valence-corrected chi connectivity index (χ2v) is 9.89. The summed E-state index contributed by atoms with van der Waals surface area (Å²) in [4.78, 5) is 33.2. The largest absolute Gasteiger partial charge is 0.472 e. The van der Waals surface area contributed by atoms with Gasteiger partial charge >= 0.3 is 6.09 Å². The summed E-state index contributed by atoms with van der Waals surface area (Å²) >= 11 is 0. The van der Waals surface area contributed by atoms with Crippen LogP contribution in [-0.2, 0) is 4.79 Å². The predicted octanol–water partition coefficient (Wildman–Crippen LogP) is 2.77. The van der Waals surface area contributed by atoms with Crippen molar-refractivity contribution in [3.8, 4) is 18.0 Å². The number of piperidine rings is 1. The van der Waals surface area contributed by atoms with Crippen molar-refractivity contribution in [2.45, 2.75) is 70.2 Å². The van der Waals surface area contributed by atoms with Crippen LogP contribution in [0.3, 0.4) is 0 Å². The number of hydrogen-bond acceptors (Lipinski definition) is 6. The van der Waals surface area contributed by atoms with Gasteiger partial charge in [-0.25, -0.2) is 9.78 Å². The molecule has 2 amide bonds. The monoisotopic (exact) mass is 437 g/mol. The third kappa shape index (κ3) is 3.15. The minimum Gasteiger partial charge on any atom is -0.472 e. The highest BCUT2D eigenvalue weighted by atomic mass is 16.5. The Morgan fingerprint density at radius 3 is 2.62 bits per heavy atom. The van der Waals surface area contributed by atoms with Crippen molar-refractivity contribution in [3.05, 3.63) is 23.9 Å². The Hall–Kier alpha value is -3.33. The number of pyridine rings is 1. The third-order valence-corrected chi connectivity index (χ3v) is 7.35. The molecule has 3 aliphatic rings. The summed E-state index contributed by atoms with van der Waals surface area (Å²) in [6.07, 6.45) is 2.16. The van der Waals surface area contributed by atoms with E-state index in [4.69, 9.17) is 10.00 Å². The van der Waals surface area contributed by atoms with E-state index in [-0.39, 0.29) is 11.8 Å². The fourth-order valence-electron chi connectivity index (χ4n) is 5.93. The Kier molecular flexibility index (Phi) is 5.24. The van der Waals surface area contributed by atoms with Gasteiger partial charge in [0.1, 0.15) is 24.3 Å². The van der Waals surface area contributed by atoms with Crippen molar-refractivity contribution >= 4 is 12.0 Å². The molecule has 1 aliphatic carbocycles. The molecule has 3 fully saturated rings. The van der Waals surface area contributed by atoms with Gasteiger partial charge in [0.2, 0.25) is 11.8 Å². The molecule has 1 aromatic heterocycles. The van der Waals surface area contributed by atoms with Gasteiger partial charge in [-0.1, -0.05) is 20.8 Å². The smallest absolute Gasteiger partial charge is 0.408 e. The van der Waals surface area contributed by atoms with Gasteiger partial charge in [-0.05, 0) is 43.1 Å². The van der Waals surface area contributed by atoms with Crippen molar-refractivity contribution in [2.24, 2.45) is 11.3 Å². The second-order valence-electron chi connectivity index (χ2n) is 9.89. The van der Waals surface area contributed by atoms with Crippen LogP contribution in [0.4, 0.5) is 4.79 Å². The fourth-order valence-corrected chi connectivity index (χ4v) is 5.93. The highest BCUT2D eigenvalue weighted by molar-refractivity contribution is 5.88. The summed E-state index contributed by atoms with van der Waals surface area (Å²) in [5.74, 6) is -0.161. The summed E-state index contributed by atoms with van der Waals surface area (Å²) in [6.45, 7) is 6.38. The highest BCUT2D eigenvalue weighted by Gasteiger charge is 2.71. The maximum Gasteiger partial charge on any atom is 0.408 e. The van der Waals surface area contributed by atoms with Crippen molar-refractivity contribution in [3.63, 3.8) is 0 Å². The van der Waals surface area contributed by atoms with E-state index in [0.717, 1.165) is 6.42 Å². The fraction of sp³-hybridized carbons (Fsp3) is 0.609.